The fourth-order valence-corrected chi connectivity index (χ4v) is 3.05. The molecule has 1 saturated heterocycles. The Morgan fingerprint density at radius 3 is 2.73 bits per heavy atom. The smallest absolute Gasteiger partial charge is 0.318 e. The van der Waals surface area contributed by atoms with Crippen molar-refractivity contribution in [2.75, 3.05) is 25.6 Å². The maximum absolute atomic E-state index is 12.6. The molecule has 1 N–H and O–H groups in total. The van der Waals surface area contributed by atoms with E-state index >= 15 is 0 Å². The minimum atomic E-state index is -0.490. The minimum Gasteiger partial charge on any atom is -0.497 e. The molecule has 3 rings (SSSR count). The maximum Gasteiger partial charge on any atom is 0.318 e. The highest BCUT2D eigenvalue weighted by atomic mass is 16.5. The Hall–Kier alpha value is -3.02. The fraction of sp³-hybridized carbons (Fsp3) is 0.300. The Kier molecular flexibility index (Phi) is 5.41. The second kappa shape index (κ2) is 7.91. The fourth-order valence-electron chi connectivity index (χ4n) is 3.05. The summed E-state index contributed by atoms with van der Waals surface area (Å²) in [5.41, 5.74) is 1.82. The minimum absolute atomic E-state index is 0.0701. The van der Waals surface area contributed by atoms with E-state index in [4.69, 9.17) is 4.74 Å². The largest absolute Gasteiger partial charge is 0.497 e. The molecule has 1 aliphatic rings. The zero-order valence-corrected chi connectivity index (χ0v) is 15.0. The van der Waals surface area contributed by atoms with Gasteiger partial charge in [0, 0.05) is 25.8 Å². The molecule has 0 radical (unpaired) electrons. The molecule has 0 saturated carbocycles. The zero-order chi connectivity index (χ0) is 18.5. The van der Waals surface area contributed by atoms with E-state index in [-0.39, 0.29) is 11.9 Å². The van der Waals surface area contributed by atoms with Gasteiger partial charge in [0.25, 0.3) is 0 Å². The van der Waals surface area contributed by atoms with Gasteiger partial charge in [-0.15, -0.1) is 0 Å². The van der Waals surface area contributed by atoms with Crippen molar-refractivity contribution in [3.8, 4) is 5.75 Å². The average Bonchev–Trinajstić information content (AvgIpc) is 3.03. The predicted octanol–water partition coefficient (Wildman–Crippen LogP) is 2.64. The molecule has 0 aliphatic carbocycles. The number of nitrogens with zero attached hydrogens (tertiary/aromatic N) is 2. The van der Waals surface area contributed by atoms with Gasteiger partial charge in [-0.25, -0.2) is 4.79 Å². The Bertz CT molecular complexity index is 779. The highest BCUT2D eigenvalue weighted by molar-refractivity contribution is 6.01. The first-order valence-corrected chi connectivity index (χ1v) is 8.59. The lowest BCUT2D eigenvalue weighted by Gasteiger charge is -2.21. The second-order valence-corrected chi connectivity index (χ2v) is 6.32. The molecule has 1 unspecified atom stereocenters. The average molecular weight is 353 g/mol. The normalized spacial score (nSPS) is 16.5. The first-order valence-electron chi connectivity index (χ1n) is 8.59. The van der Waals surface area contributed by atoms with Gasteiger partial charge in [-0.3, -0.25) is 4.79 Å². The molecule has 2 aromatic rings. The van der Waals surface area contributed by atoms with Crippen molar-refractivity contribution in [1.82, 2.24) is 10.2 Å². The first-order chi connectivity index (χ1) is 12.6. The number of benzene rings is 2. The molecule has 3 amide bonds. The Labute approximate surface area is 153 Å². The van der Waals surface area contributed by atoms with Gasteiger partial charge in [0.05, 0.1) is 7.11 Å². The summed E-state index contributed by atoms with van der Waals surface area (Å²) in [5, 5.41) is 2.84. The SMILES string of the molecule is COc1cccc(CN(C)C(=O)NC2CCN(c3ccccc3)C2=O)c1. The number of rotatable bonds is 5. The summed E-state index contributed by atoms with van der Waals surface area (Å²) in [4.78, 5) is 28.3. The summed E-state index contributed by atoms with van der Waals surface area (Å²) in [5.74, 6) is 0.681. The quantitative estimate of drug-likeness (QED) is 0.899. The van der Waals surface area contributed by atoms with Crippen molar-refractivity contribution < 1.29 is 14.3 Å². The van der Waals surface area contributed by atoms with Crippen LogP contribution < -0.4 is 15.0 Å². The summed E-state index contributed by atoms with van der Waals surface area (Å²) in [6.45, 7) is 1.04. The number of ether oxygens (including phenoxy) is 1. The lowest BCUT2D eigenvalue weighted by atomic mass is 10.2. The van der Waals surface area contributed by atoms with Crippen LogP contribution in [0.2, 0.25) is 0 Å². The van der Waals surface area contributed by atoms with E-state index in [1.165, 1.54) is 0 Å². The third-order valence-electron chi connectivity index (χ3n) is 4.47. The summed E-state index contributed by atoms with van der Waals surface area (Å²) in [6, 6.07) is 16.3. The number of hydrogen-bond acceptors (Lipinski definition) is 3. The summed E-state index contributed by atoms with van der Waals surface area (Å²) >= 11 is 0. The van der Waals surface area contributed by atoms with Crippen molar-refractivity contribution in [3.63, 3.8) is 0 Å². The van der Waals surface area contributed by atoms with Crippen molar-refractivity contribution in [2.24, 2.45) is 0 Å². The lowest BCUT2D eigenvalue weighted by Crippen LogP contribution is -2.46. The van der Waals surface area contributed by atoms with Gasteiger partial charge in [-0.1, -0.05) is 30.3 Å². The Morgan fingerprint density at radius 1 is 1.23 bits per heavy atom. The molecule has 1 atom stereocenters. The van der Waals surface area contributed by atoms with Crippen LogP contribution in [0.5, 0.6) is 5.75 Å². The molecule has 136 valence electrons. The standard InChI is InChI=1S/C20H23N3O3/c1-22(14-15-7-6-10-17(13-15)26-2)20(25)21-18-11-12-23(19(18)24)16-8-4-3-5-9-16/h3-10,13,18H,11-12,14H2,1-2H3,(H,21,25). The highest BCUT2D eigenvalue weighted by Crippen LogP contribution is 2.21. The van der Waals surface area contributed by atoms with Crippen LogP contribution in [0, 0.1) is 0 Å². The van der Waals surface area contributed by atoms with Crippen LogP contribution in [-0.4, -0.2) is 43.6 Å². The monoisotopic (exact) mass is 353 g/mol. The number of para-hydroxylation sites is 1. The topological polar surface area (TPSA) is 61.9 Å². The summed E-state index contributed by atoms with van der Waals surface area (Å²) < 4.78 is 5.20. The third-order valence-corrected chi connectivity index (χ3v) is 4.47. The van der Waals surface area contributed by atoms with Gasteiger partial charge in [0.2, 0.25) is 5.91 Å². The molecular formula is C20H23N3O3. The van der Waals surface area contributed by atoms with E-state index < -0.39 is 6.04 Å². The van der Waals surface area contributed by atoms with Crippen molar-refractivity contribution >= 4 is 17.6 Å². The van der Waals surface area contributed by atoms with Gasteiger partial charge in [-0.05, 0) is 36.2 Å². The molecule has 1 fully saturated rings. The third kappa shape index (κ3) is 3.96. The van der Waals surface area contributed by atoms with Gasteiger partial charge in [-0.2, -0.15) is 0 Å². The number of nitrogens with one attached hydrogen (secondary N) is 1. The van der Waals surface area contributed by atoms with E-state index in [9.17, 15) is 9.59 Å². The van der Waals surface area contributed by atoms with E-state index in [1.54, 1.807) is 24.0 Å². The van der Waals surface area contributed by atoms with Crippen LogP contribution in [-0.2, 0) is 11.3 Å². The number of hydrogen-bond donors (Lipinski definition) is 1. The van der Waals surface area contributed by atoms with Crippen molar-refractivity contribution in [2.45, 2.75) is 19.0 Å². The van der Waals surface area contributed by atoms with E-state index in [0.29, 0.717) is 19.5 Å². The number of amides is 3. The van der Waals surface area contributed by atoms with Crippen LogP contribution in [0.25, 0.3) is 0 Å². The lowest BCUT2D eigenvalue weighted by molar-refractivity contribution is -0.118. The predicted molar refractivity (Wildman–Crippen MR) is 100 cm³/mol. The van der Waals surface area contributed by atoms with Crippen molar-refractivity contribution in [1.29, 1.82) is 0 Å². The first kappa shape index (κ1) is 17.8. The van der Waals surface area contributed by atoms with Crippen LogP contribution in [0.4, 0.5) is 10.5 Å². The second-order valence-electron chi connectivity index (χ2n) is 6.32. The molecule has 0 aromatic heterocycles. The molecule has 26 heavy (non-hydrogen) atoms. The summed E-state index contributed by atoms with van der Waals surface area (Å²) in [7, 11) is 3.32. The molecular weight excluding hydrogens is 330 g/mol. The maximum atomic E-state index is 12.6. The molecule has 0 bridgehead atoms. The van der Waals surface area contributed by atoms with Crippen molar-refractivity contribution in [3.05, 3.63) is 60.2 Å². The highest BCUT2D eigenvalue weighted by Gasteiger charge is 2.34. The molecule has 2 aromatic carbocycles. The van der Waals surface area contributed by atoms with Gasteiger partial charge < -0.3 is 19.9 Å². The van der Waals surface area contributed by atoms with Crippen LogP contribution >= 0.6 is 0 Å². The molecule has 6 heteroatoms. The Balaban J connectivity index is 1.58. The Morgan fingerprint density at radius 2 is 2.00 bits per heavy atom. The van der Waals surface area contributed by atoms with Gasteiger partial charge in [0.1, 0.15) is 11.8 Å². The summed E-state index contributed by atoms with van der Waals surface area (Å²) in [6.07, 6.45) is 0.604. The number of urea groups is 1. The van der Waals surface area contributed by atoms with Gasteiger partial charge in [0.15, 0.2) is 0 Å². The molecule has 1 heterocycles. The van der Waals surface area contributed by atoms with Crippen LogP contribution in [0.3, 0.4) is 0 Å². The number of carbonyl (C=O) groups is 2. The zero-order valence-electron chi connectivity index (χ0n) is 15.0. The van der Waals surface area contributed by atoms with Gasteiger partial charge >= 0.3 is 6.03 Å². The van der Waals surface area contributed by atoms with E-state index in [1.807, 2.05) is 54.6 Å². The number of anilines is 1. The number of carbonyl (C=O) groups excluding carboxylic acids is 2. The van der Waals surface area contributed by atoms with E-state index in [0.717, 1.165) is 17.0 Å². The molecule has 6 nitrogen and oxygen atoms in total. The molecule has 1 aliphatic heterocycles. The van der Waals surface area contributed by atoms with E-state index in [2.05, 4.69) is 5.32 Å². The van der Waals surface area contributed by atoms with Crippen LogP contribution in [0.15, 0.2) is 54.6 Å². The number of methoxy groups -OCH3 is 1. The van der Waals surface area contributed by atoms with Crippen LogP contribution in [0.1, 0.15) is 12.0 Å². The molecule has 0 spiro atoms.